The highest BCUT2D eigenvalue weighted by molar-refractivity contribution is 5.08. The summed E-state index contributed by atoms with van der Waals surface area (Å²) in [6.07, 6.45) is 6.11. The lowest BCUT2D eigenvalue weighted by molar-refractivity contribution is -0.0773. The lowest BCUT2D eigenvalue weighted by Crippen LogP contribution is -2.44. The molecular formula is C18H26N6O2. The van der Waals surface area contributed by atoms with Crippen LogP contribution in [0.5, 0.6) is 0 Å². The summed E-state index contributed by atoms with van der Waals surface area (Å²) in [6, 6.07) is -0.0346. The van der Waals surface area contributed by atoms with Gasteiger partial charge in [-0.2, -0.15) is 4.98 Å². The van der Waals surface area contributed by atoms with E-state index in [4.69, 9.17) is 9.26 Å². The Kier molecular flexibility index (Phi) is 4.04. The van der Waals surface area contributed by atoms with Crippen LogP contribution in [0.15, 0.2) is 4.52 Å². The second-order valence-electron chi connectivity index (χ2n) is 7.92. The molecule has 8 nitrogen and oxygen atoms in total. The quantitative estimate of drug-likeness (QED) is 0.811. The van der Waals surface area contributed by atoms with Gasteiger partial charge in [-0.25, -0.2) is 0 Å². The van der Waals surface area contributed by atoms with Gasteiger partial charge >= 0.3 is 0 Å². The van der Waals surface area contributed by atoms with Gasteiger partial charge < -0.3 is 13.8 Å². The molecule has 2 aliphatic carbocycles. The molecule has 0 unspecified atom stereocenters. The molecule has 3 heterocycles. The van der Waals surface area contributed by atoms with Gasteiger partial charge in [0.1, 0.15) is 17.7 Å². The summed E-state index contributed by atoms with van der Waals surface area (Å²) < 4.78 is 13.7. The molecule has 0 bridgehead atoms. The Balaban J connectivity index is 1.37. The van der Waals surface area contributed by atoms with Crippen LogP contribution in [0.2, 0.25) is 0 Å². The summed E-state index contributed by atoms with van der Waals surface area (Å²) in [7, 11) is 2.08. The van der Waals surface area contributed by atoms with Crippen LogP contribution in [0.4, 0.5) is 0 Å². The third kappa shape index (κ3) is 2.85. The van der Waals surface area contributed by atoms with Gasteiger partial charge in [0.25, 0.3) is 0 Å². The fourth-order valence-corrected chi connectivity index (χ4v) is 4.01. The largest absolute Gasteiger partial charge is 0.375 e. The summed E-state index contributed by atoms with van der Waals surface area (Å²) in [6.45, 7) is 4.32. The molecule has 140 valence electrons. The molecule has 2 aromatic heterocycles. The normalized spacial score (nSPS) is 27.6. The first-order chi connectivity index (χ1) is 12.7. The third-order valence-electron chi connectivity index (χ3n) is 6.06. The highest BCUT2D eigenvalue weighted by Gasteiger charge is 2.38. The third-order valence-corrected chi connectivity index (χ3v) is 6.06. The van der Waals surface area contributed by atoms with Crippen molar-refractivity contribution in [2.45, 2.75) is 69.6 Å². The highest BCUT2D eigenvalue weighted by atomic mass is 16.5. The van der Waals surface area contributed by atoms with Gasteiger partial charge in [-0.05, 0) is 32.6 Å². The lowest BCUT2D eigenvalue weighted by Gasteiger charge is -2.37. The first kappa shape index (κ1) is 16.4. The molecule has 2 aromatic rings. The molecule has 26 heavy (non-hydrogen) atoms. The summed E-state index contributed by atoms with van der Waals surface area (Å²) >= 11 is 0. The minimum Gasteiger partial charge on any atom is -0.375 e. The molecule has 0 N–H and O–H groups in total. The zero-order chi connectivity index (χ0) is 17.7. The summed E-state index contributed by atoms with van der Waals surface area (Å²) in [4.78, 5) is 7.01. The van der Waals surface area contributed by atoms with E-state index in [0.717, 1.165) is 30.6 Å². The molecule has 1 saturated heterocycles. The highest BCUT2D eigenvalue weighted by Crippen LogP contribution is 2.40. The van der Waals surface area contributed by atoms with Crippen molar-refractivity contribution in [2.24, 2.45) is 7.05 Å². The molecule has 1 aliphatic heterocycles. The van der Waals surface area contributed by atoms with Gasteiger partial charge in [0.15, 0.2) is 5.82 Å². The minimum absolute atomic E-state index is 0.00980. The second kappa shape index (κ2) is 6.42. The Bertz CT molecular complexity index is 778. The standard InChI is InChI=1S/C18H26N6O2/c1-11-15(18-19-16(22-26-18)12-6-7-12)24(8-9-25-11)10-14-20-21-17(23(14)2)13-4-3-5-13/h11-13,15H,3-10H2,1-2H3/t11-,15+/m1/s1. The van der Waals surface area contributed by atoms with E-state index in [1.807, 2.05) is 0 Å². The molecule has 8 heteroatoms. The van der Waals surface area contributed by atoms with Crippen LogP contribution in [-0.2, 0) is 18.3 Å². The van der Waals surface area contributed by atoms with E-state index in [9.17, 15) is 0 Å². The molecule has 5 rings (SSSR count). The molecule has 2 saturated carbocycles. The van der Waals surface area contributed by atoms with Crippen molar-refractivity contribution in [2.75, 3.05) is 13.2 Å². The monoisotopic (exact) mass is 358 g/mol. The maximum atomic E-state index is 5.89. The predicted octanol–water partition coefficient (Wildman–Crippen LogP) is 2.30. The summed E-state index contributed by atoms with van der Waals surface area (Å²) in [5, 5.41) is 13.1. The van der Waals surface area contributed by atoms with Gasteiger partial charge in [-0.3, -0.25) is 4.90 Å². The van der Waals surface area contributed by atoms with Crippen molar-refractivity contribution < 1.29 is 9.26 Å². The van der Waals surface area contributed by atoms with Gasteiger partial charge in [-0.15, -0.1) is 10.2 Å². The molecule has 0 spiro atoms. The van der Waals surface area contributed by atoms with Crippen LogP contribution in [-0.4, -0.2) is 49.1 Å². The number of ether oxygens (including phenoxy) is 1. The van der Waals surface area contributed by atoms with E-state index in [2.05, 4.69) is 43.8 Å². The van der Waals surface area contributed by atoms with Crippen molar-refractivity contribution in [3.05, 3.63) is 23.4 Å². The fourth-order valence-electron chi connectivity index (χ4n) is 4.01. The van der Waals surface area contributed by atoms with E-state index in [1.54, 1.807) is 0 Å². The first-order valence-electron chi connectivity index (χ1n) is 9.78. The van der Waals surface area contributed by atoms with Crippen LogP contribution in [0.1, 0.15) is 80.3 Å². The Morgan fingerprint density at radius 1 is 1.12 bits per heavy atom. The van der Waals surface area contributed by atoms with E-state index >= 15 is 0 Å². The van der Waals surface area contributed by atoms with E-state index in [1.165, 1.54) is 32.1 Å². The van der Waals surface area contributed by atoms with Gasteiger partial charge in [0.2, 0.25) is 5.89 Å². The number of nitrogens with zero attached hydrogens (tertiary/aromatic N) is 6. The molecule has 0 radical (unpaired) electrons. The first-order valence-corrected chi connectivity index (χ1v) is 9.78. The average molecular weight is 358 g/mol. The Labute approximate surface area is 152 Å². The van der Waals surface area contributed by atoms with Crippen molar-refractivity contribution in [3.63, 3.8) is 0 Å². The maximum Gasteiger partial charge on any atom is 0.246 e. The van der Waals surface area contributed by atoms with Crippen LogP contribution >= 0.6 is 0 Å². The molecule has 2 atom stereocenters. The fraction of sp³-hybridized carbons (Fsp3) is 0.778. The van der Waals surface area contributed by atoms with Crippen molar-refractivity contribution in [3.8, 4) is 0 Å². The zero-order valence-electron chi connectivity index (χ0n) is 15.5. The number of aromatic nitrogens is 5. The molecule has 3 fully saturated rings. The Morgan fingerprint density at radius 2 is 1.96 bits per heavy atom. The smallest absolute Gasteiger partial charge is 0.246 e. The van der Waals surface area contributed by atoms with Crippen molar-refractivity contribution in [1.82, 2.24) is 29.8 Å². The number of hydrogen-bond donors (Lipinski definition) is 0. The molecule has 0 amide bonds. The van der Waals surface area contributed by atoms with Crippen LogP contribution < -0.4 is 0 Å². The second-order valence-corrected chi connectivity index (χ2v) is 7.92. The molecule has 3 aliphatic rings. The van der Waals surface area contributed by atoms with E-state index < -0.39 is 0 Å². The van der Waals surface area contributed by atoms with Gasteiger partial charge in [0.05, 0.1) is 19.3 Å². The zero-order valence-corrected chi connectivity index (χ0v) is 15.5. The van der Waals surface area contributed by atoms with Gasteiger partial charge in [-0.1, -0.05) is 11.6 Å². The van der Waals surface area contributed by atoms with Crippen molar-refractivity contribution in [1.29, 1.82) is 0 Å². The van der Waals surface area contributed by atoms with E-state index in [-0.39, 0.29) is 12.1 Å². The van der Waals surface area contributed by atoms with Crippen molar-refractivity contribution >= 4 is 0 Å². The Morgan fingerprint density at radius 3 is 2.69 bits per heavy atom. The number of morpholine rings is 1. The van der Waals surface area contributed by atoms with Crippen LogP contribution in [0.25, 0.3) is 0 Å². The predicted molar refractivity (Wildman–Crippen MR) is 92.4 cm³/mol. The average Bonchev–Trinajstić information content (AvgIpc) is 3.23. The van der Waals surface area contributed by atoms with Gasteiger partial charge in [0, 0.05) is 25.4 Å². The topological polar surface area (TPSA) is 82.1 Å². The van der Waals surface area contributed by atoms with Crippen LogP contribution in [0, 0.1) is 0 Å². The van der Waals surface area contributed by atoms with Crippen LogP contribution in [0.3, 0.4) is 0 Å². The maximum absolute atomic E-state index is 5.89. The molecule has 0 aromatic carbocycles. The lowest BCUT2D eigenvalue weighted by atomic mass is 9.85. The SMILES string of the molecule is C[C@H]1OCCN(Cc2nnc(C3CCC3)n2C)[C@@H]1c1nc(C2CC2)no1. The Hall–Kier alpha value is -1.80. The summed E-state index contributed by atoms with van der Waals surface area (Å²) in [5.41, 5.74) is 0. The number of hydrogen-bond acceptors (Lipinski definition) is 7. The van der Waals surface area contributed by atoms with E-state index in [0.29, 0.717) is 24.3 Å². The number of rotatable bonds is 5. The minimum atomic E-state index is -0.0346. The summed E-state index contributed by atoms with van der Waals surface area (Å²) in [5.74, 6) is 4.71. The molecular weight excluding hydrogens is 332 g/mol.